The number of benzene rings is 2. The first-order valence-corrected chi connectivity index (χ1v) is 7.12. The highest BCUT2D eigenvalue weighted by atomic mass is 32.2. The van der Waals surface area contributed by atoms with Crippen molar-refractivity contribution in [2.45, 2.75) is 24.7 Å². The van der Waals surface area contributed by atoms with Crippen molar-refractivity contribution in [3.05, 3.63) is 65.7 Å². The lowest BCUT2D eigenvalue weighted by molar-refractivity contribution is 1.10. The Morgan fingerprint density at radius 3 is 2.41 bits per heavy atom. The highest BCUT2D eigenvalue weighted by Gasteiger charge is 1.98. The van der Waals surface area contributed by atoms with Crippen LogP contribution >= 0.6 is 11.8 Å². The van der Waals surface area contributed by atoms with Crippen LogP contribution in [0.2, 0.25) is 0 Å². The molecule has 0 radical (unpaired) electrons. The number of hydrogen-bond acceptors (Lipinski definition) is 1. The minimum absolute atomic E-state index is 1.03. The molecule has 0 aliphatic carbocycles. The maximum atomic E-state index is 2.31. The average molecular weight is 242 g/mol. The molecule has 2 aromatic rings. The Morgan fingerprint density at radius 2 is 1.65 bits per heavy atom. The van der Waals surface area contributed by atoms with Gasteiger partial charge < -0.3 is 0 Å². The molecule has 17 heavy (non-hydrogen) atoms. The van der Waals surface area contributed by atoms with Gasteiger partial charge in [-0.3, -0.25) is 0 Å². The summed E-state index contributed by atoms with van der Waals surface area (Å²) >= 11 is 1.95. The summed E-state index contributed by atoms with van der Waals surface area (Å²) in [6.07, 6.45) is 2.26. The summed E-state index contributed by atoms with van der Waals surface area (Å²) < 4.78 is 0. The Balaban J connectivity index is 2.06. The summed E-state index contributed by atoms with van der Waals surface area (Å²) in [7, 11) is 0. The second-order valence-electron chi connectivity index (χ2n) is 4.16. The van der Waals surface area contributed by atoms with Gasteiger partial charge in [-0.1, -0.05) is 49.4 Å². The van der Waals surface area contributed by atoms with Crippen LogP contribution < -0.4 is 0 Å². The van der Waals surface area contributed by atoms with Gasteiger partial charge in [0.05, 0.1) is 0 Å². The van der Waals surface area contributed by atoms with E-state index in [0.29, 0.717) is 0 Å². The molecule has 2 aromatic carbocycles. The van der Waals surface area contributed by atoms with E-state index in [2.05, 4.69) is 61.5 Å². The lowest BCUT2D eigenvalue weighted by atomic mass is 10.1. The van der Waals surface area contributed by atoms with Gasteiger partial charge in [0.15, 0.2) is 0 Å². The molecule has 0 amide bonds. The lowest BCUT2D eigenvalue weighted by Gasteiger charge is -2.05. The van der Waals surface area contributed by atoms with E-state index in [1.54, 1.807) is 0 Å². The first-order valence-electron chi connectivity index (χ1n) is 6.14. The van der Waals surface area contributed by atoms with Gasteiger partial charge in [0.1, 0.15) is 0 Å². The van der Waals surface area contributed by atoms with Crippen LogP contribution in [0.4, 0.5) is 0 Å². The third-order valence-corrected chi connectivity index (χ3v) is 3.82. The highest BCUT2D eigenvalue weighted by molar-refractivity contribution is 7.99. The summed E-state index contributed by atoms with van der Waals surface area (Å²) in [5.74, 6) is 1.20. The van der Waals surface area contributed by atoms with Crippen molar-refractivity contribution in [2.24, 2.45) is 0 Å². The van der Waals surface area contributed by atoms with Crippen LogP contribution in [0.3, 0.4) is 0 Å². The summed E-state index contributed by atoms with van der Waals surface area (Å²) in [5.41, 5.74) is 2.78. The maximum absolute atomic E-state index is 2.31. The fourth-order valence-corrected chi connectivity index (χ4v) is 2.65. The topological polar surface area (TPSA) is 0 Å². The van der Waals surface area contributed by atoms with Crippen LogP contribution in [0.15, 0.2) is 59.5 Å². The quantitative estimate of drug-likeness (QED) is 0.680. The zero-order valence-corrected chi connectivity index (χ0v) is 11.0. The smallest absolute Gasteiger partial charge is 0.00747 e. The summed E-state index contributed by atoms with van der Waals surface area (Å²) in [6, 6.07) is 19.5. The molecule has 0 fully saturated rings. The Bertz CT molecular complexity index is 448. The van der Waals surface area contributed by atoms with Crippen LogP contribution in [0.5, 0.6) is 0 Å². The molecule has 0 saturated heterocycles. The number of thioether (sulfide) groups is 1. The summed E-state index contributed by atoms with van der Waals surface area (Å²) in [5, 5.41) is 0. The molecule has 0 bridgehead atoms. The Morgan fingerprint density at radius 1 is 0.882 bits per heavy atom. The minimum atomic E-state index is 1.03. The van der Waals surface area contributed by atoms with Crippen molar-refractivity contribution >= 4 is 11.8 Å². The van der Waals surface area contributed by atoms with E-state index in [9.17, 15) is 0 Å². The van der Waals surface area contributed by atoms with Crippen molar-refractivity contribution in [1.29, 1.82) is 0 Å². The molecule has 0 nitrogen and oxygen atoms in total. The lowest BCUT2D eigenvalue weighted by Crippen LogP contribution is -1.88. The van der Waals surface area contributed by atoms with E-state index < -0.39 is 0 Å². The molecule has 0 atom stereocenters. The van der Waals surface area contributed by atoms with Gasteiger partial charge in [-0.2, -0.15) is 0 Å². The predicted molar refractivity (Wildman–Crippen MR) is 76.7 cm³/mol. The van der Waals surface area contributed by atoms with Gasteiger partial charge in [-0.05, 0) is 41.9 Å². The van der Waals surface area contributed by atoms with E-state index in [4.69, 9.17) is 0 Å². The molecule has 0 aliphatic heterocycles. The molecule has 0 heterocycles. The molecular formula is C16H18S. The monoisotopic (exact) mass is 242 g/mol. The van der Waals surface area contributed by atoms with Gasteiger partial charge in [0.25, 0.3) is 0 Å². The van der Waals surface area contributed by atoms with E-state index in [0.717, 1.165) is 6.42 Å². The van der Waals surface area contributed by atoms with Gasteiger partial charge in [-0.25, -0.2) is 0 Å². The second-order valence-corrected chi connectivity index (χ2v) is 5.33. The molecule has 0 N–H and O–H groups in total. The number of rotatable bonds is 5. The van der Waals surface area contributed by atoms with Crippen molar-refractivity contribution in [2.75, 3.05) is 5.75 Å². The van der Waals surface area contributed by atoms with E-state index in [1.807, 2.05) is 11.8 Å². The highest BCUT2D eigenvalue weighted by Crippen LogP contribution is 2.21. The third-order valence-electron chi connectivity index (χ3n) is 2.62. The third kappa shape index (κ3) is 3.94. The maximum Gasteiger partial charge on any atom is 0.00747 e. The van der Waals surface area contributed by atoms with Crippen LogP contribution in [0.25, 0.3) is 0 Å². The molecular weight excluding hydrogens is 224 g/mol. The average Bonchev–Trinajstić information content (AvgIpc) is 2.38. The van der Waals surface area contributed by atoms with E-state index in [1.165, 1.54) is 28.2 Å². The zero-order chi connectivity index (χ0) is 11.9. The summed E-state index contributed by atoms with van der Waals surface area (Å²) in [4.78, 5) is 1.39. The zero-order valence-electron chi connectivity index (χ0n) is 10.2. The van der Waals surface area contributed by atoms with Crippen LogP contribution in [-0.4, -0.2) is 5.75 Å². The Hall–Kier alpha value is -1.21. The summed E-state index contributed by atoms with van der Waals surface area (Å²) in [6.45, 7) is 2.22. The molecule has 0 aromatic heterocycles. The molecule has 2 rings (SSSR count). The van der Waals surface area contributed by atoms with Gasteiger partial charge in [-0.15, -0.1) is 11.8 Å². The normalized spacial score (nSPS) is 10.4. The Kier molecular flexibility index (Phi) is 4.69. The van der Waals surface area contributed by atoms with Gasteiger partial charge in [0.2, 0.25) is 0 Å². The van der Waals surface area contributed by atoms with Crippen molar-refractivity contribution in [1.82, 2.24) is 0 Å². The largest absolute Gasteiger partial charge is 0.126 e. The Labute approximate surface area is 108 Å². The van der Waals surface area contributed by atoms with Crippen LogP contribution in [0, 0.1) is 0 Å². The van der Waals surface area contributed by atoms with Crippen LogP contribution in [0.1, 0.15) is 24.5 Å². The molecule has 0 unspecified atom stereocenters. The molecule has 0 saturated carbocycles. The van der Waals surface area contributed by atoms with E-state index in [-0.39, 0.29) is 0 Å². The fraction of sp³-hybridized carbons (Fsp3) is 0.250. The van der Waals surface area contributed by atoms with Crippen molar-refractivity contribution in [3.63, 3.8) is 0 Å². The van der Waals surface area contributed by atoms with Crippen molar-refractivity contribution in [3.8, 4) is 0 Å². The van der Waals surface area contributed by atoms with Crippen LogP contribution in [-0.2, 0) is 6.42 Å². The van der Waals surface area contributed by atoms with E-state index >= 15 is 0 Å². The molecule has 88 valence electrons. The van der Waals surface area contributed by atoms with Gasteiger partial charge >= 0.3 is 0 Å². The first kappa shape index (κ1) is 12.3. The second kappa shape index (κ2) is 6.51. The molecule has 0 spiro atoms. The first-order chi connectivity index (χ1) is 8.38. The minimum Gasteiger partial charge on any atom is -0.126 e. The standard InChI is InChI=1S/C16H18S/c1-2-11-17-16-10-6-9-15(13-16)12-14-7-4-3-5-8-14/h3-10,13H,2,11-12H2,1H3. The van der Waals surface area contributed by atoms with Crippen molar-refractivity contribution < 1.29 is 0 Å². The predicted octanol–water partition coefficient (Wildman–Crippen LogP) is 4.78. The van der Waals surface area contributed by atoms with Gasteiger partial charge in [0, 0.05) is 4.90 Å². The number of hydrogen-bond donors (Lipinski definition) is 0. The molecule has 1 heteroatoms. The SMILES string of the molecule is CCCSc1cccc(Cc2ccccc2)c1. The fourth-order valence-electron chi connectivity index (χ4n) is 1.80. The molecule has 0 aliphatic rings.